The van der Waals surface area contributed by atoms with E-state index in [4.69, 9.17) is 10.8 Å². The monoisotopic (exact) mass is 352 g/mol. The molecule has 0 fully saturated rings. The van der Waals surface area contributed by atoms with Crippen LogP contribution in [0.1, 0.15) is 10.4 Å². The summed E-state index contributed by atoms with van der Waals surface area (Å²) in [7, 11) is 0. The summed E-state index contributed by atoms with van der Waals surface area (Å²) >= 11 is 0. The van der Waals surface area contributed by atoms with Gasteiger partial charge >= 0.3 is 5.97 Å². The minimum atomic E-state index is -1.91. The molecule has 0 aliphatic heterocycles. The molecule has 1 aromatic heterocycles. The Morgan fingerprint density at radius 1 is 1.00 bits per heavy atom. The molecule has 3 N–H and O–H groups in total. The number of carbonyl (C=O) groups is 1. The number of nitrogens with two attached hydrogens (primary N) is 1. The SMILES string of the molecule is Nc1c(F)c(F)c(F)c2c1c(=O)c(C(=O)O)cn2-c1ccc(F)cc1. The van der Waals surface area contributed by atoms with Crippen molar-refractivity contribution < 1.29 is 27.5 Å². The van der Waals surface area contributed by atoms with Crippen molar-refractivity contribution in [1.29, 1.82) is 0 Å². The topological polar surface area (TPSA) is 85.3 Å². The number of carboxylic acid groups (broad SMARTS) is 1. The first-order valence-corrected chi connectivity index (χ1v) is 6.74. The number of anilines is 1. The maximum atomic E-state index is 14.3. The van der Waals surface area contributed by atoms with Crippen molar-refractivity contribution in [3.05, 3.63) is 69.5 Å². The maximum absolute atomic E-state index is 14.3. The Morgan fingerprint density at radius 3 is 2.16 bits per heavy atom. The second kappa shape index (κ2) is 5.62. The van der Waals surface area contributed by atoms with Gasteiger partial charge in [0.1, 0.15) is 11.4 Å². The highest BCUT2D eigenvalue weighted by molar-refractivity contribution is 5.98. The lowest BCUT2D eigenvalue weighted by Crippen LogP contribution is -2.21. The summed E-state index contributed by atoms with van der Waals surface area (Å²) in [5.74, 6) is -7.74. The van der Waals surface area contributed by atoms with Crippen LogP contribution in [-0.2, 0) is 0 Å². The van der Waals surface area contributed by atoms with Gasteiger partial charge in [-0.15, -0.1) is 0 Å². The lowest BCUT2D eigenvalue weighted by Gasteiger charge is -2.15. The highest BCUT2D eigenvalue weighted by Crippen LogP contribution is 2.29. The van der Waals surface area contributed by atoms with E-state index in [9.17, 15) is 27.2 Å². The molecule has 128 valence electrons. The lowest BCUT2D eigenvalue weighted by molar-refractivity contribution is 0.0695. The first-order valence-electron chi connectivity index (χ1n) is 6.74. The molecule has 0 aliphatic rings. The summed E-state index contributed by atoms with van der Waals surface area (Å²) in [4.78, 5) is 23.5. The number of nitrogens with zero attached hydrogens (tertiary/aromatic N) is 1. The molecule has 5 nitrogen and oxygen atoms in total. The third-order valence-corrected chi connectivity index (χ3v) is 3.64. The van der Waals surface area contributed by atoms with E-state index in [-0.39, 0.29) is 5.69 Å². The molecule has 9 heteroatoms. The quantitative estimate of drug-likeness (QED) is 0.422. The fourth-order valence-electron chi connectivity index (χ4n) is 2.47. The Labute approximate surface area is 136 Å². The van der Waals surface area contributed by atoms with Gasteiger partial charge in [0.25, 0.3) is 0 Å². The van der Waals surface area contributed by atoms with Gasteiger partial charge in [-0.25, -0.2) is 22.4 Å². The Hall–Kier alpha value is -3.36. The number of hydrogen-bond donors (Lipinski definition) is 2. The number of aromatic nitrogens is 1. The number of halogens is 4. The number of carboxylic acids is 1. The summed E-state index contributed by atoms with van der Waals surface area (Å²) < 4.78 is 55.7. The molecule has 0 spiro atoms. The number of fused-ring (bicyclic) bond motifs is 1. The summed E-state index contributed by atoms with van der Waals surface area (Å²) in [6, 6.07) is 4.26. The van der Waals surface area contributed by atoms with E-state index in [2.05, 4.69) is 0 Å². The van der Waals surface area contributed by atoms with Gasteiger partial charge in [-0.3, -0.25) is 4.79 Å². The van der Waals surface area contributed by atoms with Crippen LogP contribution >= 0.6 is 0 Å². The van der Waals surface area contributed by atoms with Crippen molar-refractivity contribution in [3.8, 4) is 5.69 Å². The van der Waals surface area contributed by atoms with Gasteiger partial charge < -0.3 is 15.4 Å². The number of hydrogen-bond acceptors (Lipinski definition) is 3. The number of pyridine rings is 1. The average Bonchev–Trinajstić information content (AvgIpc) is 2.58. The van der Waals surface area contributed by atoms with Crippen LogP contribution in [0.3, 0.4) is 0 Å². The molecule has 0 saturated heterocycles. The molecule has 3 aromatic rings. The van der Waals surface area contributed by atoms with E-state index in [1.807, 2.05) is 0 Å². The van der Waals surface area contributed by atoms with E-state index in [1.54, 1.807) is 0 Å². The van der Waals surface area contributed by atoms with E-state index < -0.39 is 56.8 Å². The minimum absolute atomic E-state index is 0.0122. The second-order valence-corrected chi connectivity index (χ2v) is 5.10. The maximum Gasteiger partial charge on any atom is 0.341 e. The van der Waals surface area contributed by atoms with Crippen LogP contribution in [0.5, 0.6) is 0 Å². The van der Waals surface area contributed by atoms with E-state index in [1.165, 1.54) is 0 Å². The minimum Gasteiger partial charge on any atom is -0.477 e. The fraction of sp³-hybridized carbons (Fsp3) is 0. The molecule has 0 bridgehead atoms. The third kappa shape index (κ3) is 2.40. The van der Waals surface area contributed by atoms with Gasteiger partial charge in [-0.05, 0) is 24.3 Å². The normalized spacial score (nSPS) is 11.0. The van der Waals surface area contributed by atoms with Crippen molar-refractivity contribution >= 4 is 22.6 Å². The average molecular weight is 352 g/mol. The number of benzene rings is 2. The molecule has 2 aromatic carbocycles. The first-order chi connectivity index (χ1) is 11.7. The summed E-state index contributed by atoms with van der Waals surface area (Å²) in [5, 5.41) is 8.33. The van der Waals surface area contributed by atoms with Gasteiger partial charge in [0.2, 0.25) is 5.43 Å². The Morgan fingerprint density at radius 2 is 1.60 bits per heavy atom. The van der Waals surface area contributed by atoms with Crippen LogP contribution < -0.4 is 11.2 Å². The van der Waals surface area contributed by atoms with Crippen molar-refractivity contribution in [2.45, 2.75) is 0 Å². The Bertz CT molecular complexity index is 1090. The smallest absolute Gasteiger partial charge is 0.341 e. The second-order valence-electron chi connectivity index (χ2n) is 5.10. The predicted octanol–water partition coefficient (Wildman–Crippen LogP) is 2.83. The zero-order valence-electron chi connectivity index (χ0n) is 12.2. The molecule has 0 unspecified atom stereocenters. The highest BCUT2D eigenvalue weighted by Gasteiger charge is 2.26. The van der Waals surface area contributed by atoms with Crippen LogP contribution in [0.25, 0.3) is 16.6 Å². The predicted molar refractivity (Wildman–Crippen MR) is 80.7 cm³/mol. The zero-order chi connectivity index (χ0) is 18.5. The van der Waals surface area contributed by atoms with E-state index >= 15 is 0 Å². The van der Waals surface area contributed by atoms with Crippen LogP contribution in [0.2, 0.25) is 0 Å². The van der Waals surface area contributed by atoms with Crippen LogP contribution in [0.15, 0.2) is 35.3 Å². The molecule has 0 saturated carbocycles. The molecule has 25 heavy (non-hydrogen) atoms. The van der Waals surface area contributed by atoms with Crippen LogP contribution in [0.4, 0.5) is 23.2 Å². The van der Waals surface area contributed by atoms with Gasteiger partial charge in [-0.2, -0.15) is 0 Å². The third-order valence-electron chi connectivity index (χ3n) is 3.64. The Kier molecular flexibility index (Phi) is 3.71. The van der Waals surface area contributed by atoms with Crippen molar-refractivity contribution in [3.63, 3.8) is 0 Å². The molecular weight excluding hydrogens is 344 g/mol. The molecule has 0 amide bonds. The van der Waals surface area contributed by atoms with Crippen molar-refractivity contribution in [1.82, 2.24) is 4.57 Å². The molecule has 3 rings (SSSR count). The van der Waals surface area contributed by atoms with Gasteiger partial charge in [0.05, 0.1) is 16.6 Å². The summed E-state index contributed by atoms with van der Waals surface area (Å²) in [6.45, 7) is 0. The van der Waals surface area contributed by atoms with Crippen molar-refractivity contribution in [2.24, 2.45) is 0 Å². The zero-order valence-corrected chi connectivity index (χ0v) is 12.2. The molecule has 0 atom stereocenters. The molecule has 1 heterocycles. The van der Waals surface area contributed by atoms with E-state index in [0.29, 0.717) is 0 Å². The number of aromatic carboxylic acids is 1. The molecular formula is C16H8F4N2O3. The first kappa shape index (κ1) is 16.5. The van der Waals surface area contributed by atoms with Gasteiger partial charge in [-0.1, -0.05) is 0 Å². The highest BCUT2D eigenvalue weighted by atomic mass is 19.2. The van der Waals surface area contributed by atoms with Crippen molar-refractivity contribution in [2.75, 3.05) is 5.73 Å². The van der Waals surface area contributed by atoms with Crippen LogP contribution in [-0.4, -0.2) is 15.6 Å². The number of rotatable bonds is 2. The molecule has 0 radical (unpaired) electrons. The van der Waals surface area contributed by atoms with Gasteiger partial charge in [0.15, 0.2) is 17.5 Å². The van der Waals surface area contributed by atoms with E-state index in [0.717, 1.165) is 35.0 Å². The van der Waals surface area contributed by atoms with Gasteiger partial charge in [0, 0.05) is 11.9 Å². The Balaban J connectivity index is 2.60. The molecule has 0 aliphatic carbocycles. The largest absolute Gasteiger partial charge is 0.477 e. The summed E-state index contributed by atoms with van der Waals surface area (Å²) in [6.07, 6.45) is 0.736. The standard InChI is InChI=1S/C16H8F4N2O3/c17-6-1-3-7(4-2-6)22-5-8(16(24)25)15(23)9-13(21)11(19)10(18)12(20)14(9)22/h1-5H,21H2,(H,24,25). The van der Waals surface area contributed by atoms with Crippen LogP contribution in [0, 0.1) is 23.3 Å². The fourth-order valence-corrected chi connectivity index (χ4v) is 2.47. The summed E-state index contributed by atoms with van der Waals surface area (Å²) in [5.41, 5.74) is 1.52. The lowest BCUT2D eigenvalue weighted by atomic mass is 10.1. The number of nitrogen functional groups attached to an aromatic ring is 1.